The van der Waals surface area contributed by atoms with Crippen LogP contribution in [-0.4, -0.2) is 48.2 Å². The SMILES string of the molecule is COC(=O)C1(C(F)F)CCN(C(=O)OC(C)(C)C)C2(CC2)C1. The van der Waals surface area contributed by atoms with E-state index in [4.69, 9.17) is 4.74 Å². The Balaban J connectivity index is 2.20. The molecular formula is C15H23F2NO4. The molecule has 0 aromatic rings. The smallest absolute Gasteiger partial charge is 0.410 e. The van der Waals surface area contributed by atoms with Crippen LogP contribution in [0.4, 0.5) is 13.6 Å². The molecular weight excluding hydrogens is 296 g/mol. The Morgan fingerprint density at radius 3 is 2.18 bits per heavy atom. The molecule has 1 aliphatic carbocycles. The van der Waals surface area contributed by atoms with E-state index in [2.05, 4.69) is 4.74 Å². The summed E-state index contributed by atoms with van der Waals surface area (Å²) in [6.07, 6.45) is -2.27. The van der Waals surface area contributed by atoms with Crippen molar-refractivity contribution >= 4 is 12.1 Å². The van der Waals surface area contributed by atoms with E-state index in [1.54, 1.807) is 20.8 Å². The Morgan fingerprint density at radius 1 is 1.18 bits per heavy atom. The van der Waals surface area contributed by atoms with Crippen LogP contribution in [0.5, 0.6) is 0 Å². The normalized spacial score (nSPS) is 27.0. The van der Waals surface area contributed by atoms with Gasteiger partial charge in [0.2, 0.25) is 0 Å². The largest absolute Gasteiger partial charge is 0.468 e. The van der Waals surface area contributed by atoms with Crippen molar-refractivity contribution in [3.63, 3.8) is 0 Å². The van der Waals surface area contributed by atoms with Crippen LogP contribution in [0.15, 0.2) is 0 Å². The number of methoxy groups -OCH3 is 1. The molecule has 1 saturated carbocycles. The summed E-state index contributed by atoms with van der Waals surface area (Å²) in [6, 6.07) is 0. The van der Waals surface area contributed by atoms with Crippen molar-refractivity contribution < 1.29 is 27.8 Å². The van der Waals surface area contributed by atoms with Crippen molar-refractivity contribution in [3.05, 3.63) is 0 Å². The standard InChI is InChI=1S/C15H23F2NO4/c1-13(2,3)22-12(20)18-8-7-15(10(16)17,11(19)21-4)9-14(18)5-6-14/h10H,5-9H2,1-4H3. The fraction of sp³-hybridized carbons (Fsp3) is 0.867. The number of halogens is 2. The van der Waals surface area contributed by atoms with E-state index < -0.39 is 35.0 Å². The van der Waals surface area contributed by atoms with E-state index in [-0.39, 0.29) is 19.4 Å². The molecule has 1 aliphatic heterocycles. The van der Waals surface area contributed by atoms with Gasteiger partial charge in [0.25, 0.3) is 6.43 Å². The summed E-state index contributed by atoms with van der Waals surface area (Å²) in [5.41, 5.74) is -3.15. The first-order chi connectivity index (χ1) is 10.1. The van der Waals surface area contributed by atoms with E-state index in [9.17, 15) is 18.4 Å². The van der Waals surface area contributed by atoms with E-state index in [0.717, 1.165) is 7.11 Å². The molecule has 1 saturated heterocycles. The molecule has 1 atom stereocenters. The minimum absolute atomic E-state index is 0.0659. The molecule has 1 unspecified atom stereocenters. The maximum atomic E-state index is 13.5. The lowest BCUT2D eigenvalue weighted by molar-refractivity contribution is -0.172. The number of nitrogens with zero attached hydrogens (tertiary/aromatic N) is 1. The van der Waals surface area contributed by atoms with Gasteiger partial charge in [-0.25, -0.2) is 13.6 Å². The first-order valence-corrected chi connectivity index (χ1v) is 7.44. The number of rotatable bonds is 2. The van der Waals surface area contributed by atoms with Crippen LogP contribution in [0, 0.1) is 5.41 Å². The number of hydrogen-bond donors (Lipinski definition) is 0. The summed E-state index contributed by atoms with van der Waals surface area (Å²) in [7, 11) is 1.12. The Labute approximate surface area is 128 Å². The van der Waals surface area contributed by atoms with Gasteiger partial charge in [-0.1, -0.05) is 0 Å². The van der Waals surface area contributed by atoms with Gasteiger partial charge in [-0.15, -0.1) is 0 Å². The number of carbonyl (C=O) groups is 2. The lowest BCUT2D eigenvalue weighted by Gasteiger charge is -2.45. The van der Waals surface area contributed by atoms with Gasteiger partial charge in [-0.05, 0) is 46.5 Å². The van der Waals surface area contributed by atoms with Gasteiger partial charge in [0.05, 0.1) is 7.11 Å². The summed E-state index contributed by atoms with van der Waals surface area (Å²) in [6.45, 7) is 5.35. The molecule has 2 aliphatic rings. The minimum Gasteiger partial charge on any atom is -0.468 e. The molecule has 0 aromatic heterocycles. The molecule has 1 amide bonds. The third kappa shape index (κ3) is 2.90. The van der Waals surface area contributed by atoms with Crippen molar-refractivity contribution in [1.82, 2.24) is 4.90 Å². The van der Waals surface area contributed by atoms with Crippen molar-refractivity contribution in [1.29, 1.82) is 0 Å². The number of amides is 1. The van der Waals surface area contributed by atoms with Crippen molar-refractivity contribution in [3.8, 4) is 0 Å². The van der Waals surface area contributed by atoms with Crippen LogP contribution in [0.3, 0.4) is 0 Å². The second-order valence-corrected chi connectivity index (χ2v) is 7.23. The van der Waals surface area contributed by atoms with E-state index in [0.29, 0.717) is 12.8 Å². The van der Waals surface area contributed by atoms with E-state index >= 15 is 0 Å². The summed E-state index contributed by atoms with van der Waals surface area (Å²) < 4.78 is 37.0. The summed E-state index contributed by atoms with van der Waals surface area (Å²) in [5.74, 6) is -0.891. The molecule has 1 spiro atoms. The third-order valence-electron chi connectivity index (χ3n) is 4.45. The van der Waals surface area contributed by atoms with Gasteiger partial charge < -0.3 is 14.4 Å². The number of alkyl halides is 2. The molecule has 0 radical (unpaired) electrons. The highest BCUT2D eigenvalue weighted by Crippen LogP contribution is 2.56. The number of hydrogen-bond acceptors (Lipinski definition) is 4. The Bertz CT molecular complexity index is 471. The zero-order chi connectivity index (χ0) is 16.8. The molecule has 0 bridgehead atoms. The van der Waals surface area contributed by atoms with Crippen LogP contribution >= 0.6 is 0 Å². The number of likely N-dealkylation sites (tertiary alicyclic amines) is 1. The van der Waals surface area contributed by atoms with Crippen molar-refractivity contribution in [2.24, 2.45) is 5.41 Å². The minimum atomic E-state index is -2.81. The predicted molar refractivity (Wildman–Crippen MR) is 74.6 cm³/mol. The molecule has 0 N–H and O–H groups in total. The highest BCUT2D eigenvalue weighted by atomic mass is 19.3. The highest BCUT2D eigenvalue weighted by molar-refractivity contribution is 5.79. The summed E-state index contributed by atoms with van der Waals surface area (Å²) >= 11 is 0. The fourth-order valence-electron chi connectivity index (χ4n) is 3.17. The van der Waals surface area contributed by atoms with Crippen LogP contribution in [0.1, 0.15) is 46.5 Å². The van der Waals surface area contributed by atoms with Gasteiger partial charge >= 0.3 is 12.1 Å². The number of esters is 1. The molecule has 1 heterocycles. The predicted octanol–water partition coefficient (Wildman–Crippen LogP) is 2.97. The van der Waals surface area contributed by atoms with Gasteiger partial charge in [-0.3, -0.25) is 4.79 Å². The highest BCUT2D eigenvalue weighted by Gasteiger charge is 2.64. The Morgan fingerprint density at radius 2 is 1.77 bits per heavy atom. The molecule has 22 heavy (non-hydrogen) atoms. The van der Waals surface area contributed by atoms with E-state index in [1.165, 1.54) is 4.90 Å². The lowest BCUT2D eigenvalue weighted by atomic mass is 9.74. The summed E-state index contributed by atoms with van der Waals surface area (Å²) in [5, 5.41) is 0. The summed E-state index contributed by atoms with van der Waals surface area (Å²) in [4.78, 5) is 25.7. The van der Waals surface area contributed by atoms with Crippen molar-refractivity contribution in [2.75, 3.05) is 13.7 Å². The van der Waals surface area contributed by atoms with Gasteiger partial charge in [0, 0.05) is 12.1 Å². The Hall–Kier alpha value is -1.40. The number of carbonyl (C=O) groups excluding carboxylic acids is 2. The van der Waals surface area contributed by atoms with Crippen LogP contribution in [0.25, 0.3) is 0 Å². The number of ether oxygens (including phenoxy) is 2. The quantitative estimate of drug-likeness (QED) is 0.734. The molecule has 2 rings (SSSR count). The second kappa shape index (κ2) is 5.35. The van der Waals surface area contributed by atoms with Gasteiger partial charge in [-0.2, -0.15) is 0 Å². The first-order valence-electron chi connectivity index (χ1n) is 7.44. The van der Waals surface area contributed by atoms with Crippen LogP contribution < -0.4 is 0 Å². The second-order valence-electron chi connectivity index (χ2n) is 7.23. The number of piperidine rings is 1. The third-order valence-corrected chi connectivity index (χ3v) is 4.45. The molecule has 0 aromatic carbocycles. The molecule has 7 heteroatoms. The maximum Gasteiger partial charge on any atom is 0.410 e. The van der Waals surface area contributed by atoms with Gasteiger partial charge in [0.1, 0.15) is 11.0 Å². The average Bonchev–Trinajstić information content (AvgIpc) is 3.14. The van der Waals surface area contributed by atoms with Crippen LogP contribution in [-0.2, 0) is 14.3 Å². The van der Waals surface area contributed by atoms with E-state index in [1.807, 2.05) is 0 Å². The molecule has 5 nitrogen and oxygen atoms in total. The maximum absolute atomic E-state index is 13.5. The monoisotopic (exact) mass is 319 g/mol. The molecule has 2 fully saturated rings. The Kier molecular flexibility index (Phi) is 4.13. The van der Waals surface area contributed by atoms with Crippen molar-refractivity contribution in [2.45, 2.75) is 64.0 Å². The van der Waals surface area contributed by atoms with Gasteiger partial charge in [0.15, 0.2) is 0 Å². The molecule has 126 valence electrons. The average molecular weight is 319 g/mol. The van der Waals surface area contributed by atoms with Crippen LogP contribution in [0.2, 0.25) is 0 Å². The first kappa shape index (κ1) is 17.0. The topological polar surface area (TPSA) is 55.8 Å². The lowest BCUT2D eigenvalue weighted by Crippen LogP contribution is -2.57. The zero-order valence-electron chi connectivity index (χ0n) is 13.4. The zero-order valence-corrected chi connectivity index (χ0v) is 13.4. The fourth-order valence-corrected chi connectivity index (χ4v) is 3.17.